The van der Waals surface area contributed by atoms with E-state index in [4.69, 9.17) is 36.5 Å². The molecule has 186 valence electrons. The third-order valence-electron chi connectivity index (χ3n) is 6.33. The van der Waals surface area contributed by atoms with Crippen molar-refractivity contribution in [1.29, 1.82) is 0 Å². The molecule has 1 saturated carbocycles. The number of carboxylic acids is 1. The summed E-state index contributed by atoms with van der Waals surface area (Å²) in [5, 5.41) is 17.9. The van der Waals surface area contributed by atoms with Gasteiger partial charge in [0.05, 0.1) is 17.3 Å². The lowest BCUT2D eigenvalue weighted by Crippen LogP contribution is -2.13. The van der Waals surface area contributed by atoms with Gasteiger partial charge >= 0.3 is 5.97 Å². The Bertz CT molecular complexity index is 1240. The number of carboxylic acid groups (broad SMARTS) is 1. The van der Waals surface area contributed by atoms with Crippen LogP contribution in [-0.2, 0) is 24.8 Å². The number of carbonyl (C=O) groups is 1. The Hall–Kier alpha value is -3.13. The minimum atomic E-state index is -0.878. The first-order chi connectivity index (χ1) is 16.9. The third kappa shape index (κ3) is 5.75. The van der Waals surface area contributed by atoms with Gasteiger partial charge in [0, 0.05) is 25.6 Å². The Morgan fingerprint density at radius 2 is 2.06 bits per heavy atom. The summed E-state index contributed by atoms with van der Waals surface area (Å²) in [7, 11) is 1.92. The highest BCUT2D eigenvalue weighted by Gasteiger charge is 2.25. The van der Waals surface area contributed by atoms with Crippen LogP contribution in [0.3, 0.4) is 0 Å². The summed E-state index contributed by atoms with van der Waals surface area (Å²) in [6.45, 7) is 5.17. The minimum absolute atomic E-state index is 0.181. The molecule has 2 heterocycles. The van der Waals surface area contributed by atoms with E-state index >= 15 is 0 Å². The van der Waals surface area contributed by atoms with Gasteiger partial charge in [-0.3, -0.25) is 4.68 Å². The van der Waals surface area contributed by atoms with E-state index < -0.39 is 5.97 Å². The van der Waals surface area contributed by atoms with E-state index in [1.54, 1.807) is 0 Å². The van der Waals surface area contributed by atoms with E-state index in [9.17, 15) is 4.79 Å². The van der Waals surface area contributed by atoms with Crippen molar-refractivity contribution in [1.82, 2.24) is 19.7 Å². The summed E-state index contributed by atoms with van der Waals surface area (Å²) in [6, 6.07) is 5.78. The average molecular weight is 498 g/mol. The Morgan fingerprint density at radius 1 is 1.29 bits per heavy atom. The van der Waals surface area contributed by atoms with Gasteiger partial charge in [0.25, 0.3) is 0 Å². The Balaban J connectivity index is 1.64. The number of allylic oxidation sites excluding steroid dienone is 1. The van der Waals surface area contributed by atoms with Crippen LogP contribution in [0.2, 0.25) is 5.02 Å². The maximum absolute atomic E-state index is 11.0. The monoisotopic (exact) mass is 497 g/mol. The van der Waals surface area contributed by atoms with Crippen molar-refractivity contribution in [3.8, 4) is 5.75 Å². The van der Waals surface area contributed by atoms with Gasteiger partial charge < -0.3 is 15.2 Å². The lowest BCUT2D eigenvalue weighted by atomic mass is 9.85. The molecule has 0 aliphatic heterocycles. The van der Waals surface area contributed by atoms with Crippen LogP contribution < -0.4 is 10.1 Å². The molecule has 0 amide bonds. The molecule has 2 N–H and O–H groups in total. The number of anilines is 1. The zero-order valence-electron chi connectivity index (χ0n) is 20.5. The quantitative estimate of drug-likeness (QED) is 0.368. The number of hydrogen-bond donors (Lipinski definition) is 2. The van der Waals surface area contributed by atoms with E-state index in [0.29, 0.717) is 23.9 Å². The highest BCUT2D eigenvalue weighted by Crippen LogP contribution is 2.36. The number of halogens is 1. The number of rotatable bonds is 9. The molecule has 0 spiro atoms. The number of fused-ring (bicyclic) bond motifs is 1. The topological polar surface area (TPSA) is 102 Å². The summed E-state index contributed by atoms with van der Waals surface area (Å²) in [4.78, 5) is 21.0. The maximum atomic E-state index is 11.0. The maximum Gasteiger partial charge on any atom is 0.328 e. The second-order valence-corrected chi connectivity index (χ2v) is 9.32. The van der Waals surface area contributed by atoms with Crippen LogP contribution in [0.25, 0.3) is 11.0 Å². The highest BCUT2D eigenvalue weighted by molar-refractivity contribution is 6.32. The van der Waals surface area contributed by atoms with Crippen molar-refractivity contribution in [3.63, 3.8) is 0 Å². The fourth-order valence-corrected chi connectivity index (χ4v) is 4.91. The number of nitrogens with zero attached hydrogens (tertiary/aromatic N) is 4. The van der Waals surface area contributed by atoms with Crippen molar-refractivity contribution >= 4 is 34.4 Å². The molecule has 35 heavy (non-hydrogen) atoms. The molecular formula is C26H32ClN5O3. The van der Waals surface area contributed by atoms with E-state index in [1.807, 2.05) is 36.9 Å². The first kappa shape index (κ1) is 25.0. The predicted octanol–water partition coefficient (Wildman–Crippen LogP) is 5.65. The van der Waals surface area contributed by atoms with Crippen molar-refractivity contribution in [2.24, 2.45) is 7.05 Å². The number of benzene rings is 1. The van der Waals surface area contributed by atoms with Crippen molar-refractivity contribution in [2.75, 3.05) is 11.9 Å². The lowest BCUT2D eigenvalue weighted by molar-refractivity contribution is -0.131. The second-order valence-electron chi connectivity index (χ2n) is 8.91. The molecule has 4 rings (SSSR count). The first-order valence-corrected chi connectivity index (χ1v) is 12.6. The summed E-state index contributed by atoms with van der Waals surface area (Å²) in [5.41, 5.74) is 4.75. The number of aryl methyl sites for hydroxylation is 2. The zero-order valence-corrected chi connectivity index (χ0v) is 21.2. The first-order valence-electron chi connectivity index (χ1n) is 12.2. The number of aromatic nitrogens is 4. The van der Waals surface area contributed by atoms with Crippen LogP contribution in [0.15, 0.2) is 29.8 Å². The minimum Gasteiger partial charge on any atom is -0.492 e. The average Bonchev–Trinajstić information content (AvgIpc) is 3.15. The molecule has 1 fully saturated rings. The van der Waals surface area contributed by atoms with Gasteiger partial charge in [-0.2, -0.15) is 5.10 Å². The molecule has 1 aliphatic carbocycles. The molecule has 0 bridgehead atoms. The lowest BCUT2D eigenvalue weighted by Gasteiger charge is -2.23. The Morgan fingerprint density at radius 3 is 2.71 bits per heavy atom. The van der Waals surface area contributed by atoms with Crippen LogP contribution in [0, 0.1) is 0 Å². The van der Waals surface area contributed by atoms with E-state index in [0.717, 1.165) is 78.0 Å². The third-order valence-corrected chi connectivity index (χ3v) is 6.63. The van der Waals surface area contributed by atoms with Crippen LogP contribution in [-0.4, -0.2) is 37.4 Å². The van der Waals surface area contributed by atoms with Gasteiger partial charge in [-0.15, -0.1) is 0 Å². The van der Waals surface area contributed by atoms with Crippen LogP contribution in [0.5, 0.6) is 5.75 Å². The molecule has 0 atom stereocenters. The number of nitrogens with one attached hydrogen (secondary N) is 1. The molecular weight excluding hydrogens is 466 g/mol. The second kappa shape index (κ2) is 11.1. The molecule has 8 nitrogen and oxygen atoms in total. The fraction of sp³-hybridized carbons (Fsp3) is 0.462. The smallest absolute Gasteiger partial charge is 0.328 e. The van der Waals surface area contributed by atoms with Crippen LogP contribution >= 0.6 is 11.6 Å². The molecule has 1 aliphatic rings. The van der Waals surface area contributed by atoms with Crippen molar-refractivity contribution in [2.45, 2.75) is 64.8 Å². The largest absolute Gasteiger partial charge is 0.492 e. The number of aliphatic carboxylic acids is 1. The molecule has 1 aromatic carbocycles. The van der Waals surface area contributed by atoms with Gasteiger partial charge in [-0.1, -0.05) is 36.6 Å². The summed E-state index contributed by atoms with van der Waals surface area (Å²) >= 11 is 6.38. The van der Waals surface area contributed by atoms with Gasteiger partial charge in [0.15, 0.2) is 5.82 Å². The molecule has 2 aromatic heterocycles. The predicted molar refractivity (Wildman–Crippen MR) is 137 cm³/mol. The SMILES string of the molecule is CCCc1nn(C)c2c(NCc3ccc(OCC)c(Cl)c3)nc(C3CCC(=CC(=O)O)CC3)nc12. The van der Waals surface area contributed by atoms with Gasteiger partial charge in [-0.25, -0.2) is 14.8 Å². The number of ether oxygens (including phenoxy) is 1. The normalized spacial score (nSPS) is 15.9. The fourth-order valence-electron chi connectivity index (χ4n) is 4.65. The Labute approximate surface area is 210 Å². The molecule has 0 saturated heterocycles. The van der Waals surface area contributed by atoms with Gasteiger partial charge in [0.2, 0.25) is 0 Å². The van der Waals surface area contributed by atoms with Gasteiger partial charge in [0.1, 0.15) is 22.6 Å². The molecule has 0 radical (unpaired) electrons. The van der Waals surface area contributed by atoms with Crippen LogP contribution in [0.1, 0.15) is 69.0 Å². The van der Waals surface area contributed by atoms with E-state index in [2.05, 4.69) is 12.2 Å². The summed E-state index contributed by atoms with van der Waals surface area (Å²) < 4.78 is 7.40. The Kier molecular flexibility index (Phi) is 7.90. The van der Waals surface area contributed by atoms with E-state index in [1.165, 1.54) is 6.08 Å². The van der Waals surface area contributed by atoms with Crippen molar-refractivity contribution < 1.29 is 14.6 Å². The van der Waals surface area contributed by atoms with Crippen LogP contribution in [0.4, 0.5) is 5.82 Å². The molecule has 9 heteroatoms. The number of hydrogen-bond acceptors (Lipinski definition) is 6. The van der Waals surface area contributed by atoms with E-state index in [-0.39, 0.29) is 5.92 Å². The molecule has 0 unspecified atom stereocenters. The van der Waals surface area contributed by atoms with Crippen molar-refractivity contribution in [3.05, 3.63) is 52.0 Å². The zero-order chi connectivity index (χ0) is 24.9. The summed E-state index contributed by atoms with van der Waals surface area (Å²) in [6.07, 6.45) is 6.34. The molecule has 3 aromatic rings. The van der Waals surface area contributed by atoms with Gasteiger partial charge in [-0.05, 0) is 56.7 Å². The standard InChI is InChI=1S/C26H32ClN5O3/c1-4-6-20-23-24(32(3)31-20)26(28-15-17-9-12-21(35-5-2)19(27)13-17)30-25(29-23)18-10-7-16(8-11-18)14-22(33)34/h9,12-14,18H,4-8,10-11,15H2,1-3H3,(H,33,34)(H,28,29,30). The summed E-state index contributed by atoms with van der Waals surface area (Å²) in [5.74, 6) is 1.52. The highest BCUT2D eigenvalue weighted by atomic mass is 35.5.